The molecule has 0 aliphatic carbocycles. The van der Waals surface area contributed by atoms with Gasteiger partial charge in [0, 0.05) is 18.5 Å². The summed E-state index contributed by atoms with van der Waals surface area (Å²) in [6.45, 7) is 0.583. The Bertz CT molecular complexity index is 1220. The minimum atomic E-state index is -0.0841. The van der Waals surface area contributed by atoms with Crippen LogP contribution in [0.4, 0.5) is 0 Å². The fourth-order valence-electron chi connectivity index (χ4n) is 3.08. The van der Waals surface area contributed by atoms with E-state index in [0.717, 1.165) is 16.9 Å². The number of carbonyl (C=O) groups excluding carboxylic acids is 1. The zero-order valence-electron chi connectivity index (χ0n) is 16.5. The number of nitrogens with one attached hydrogen (secondary N) is 1. The molecule has 0 atom stereocenters. The van der Waals surface area contributed by atoms with E-state index in [0.29, 0.717) is 21.9 Å². The zero-order valence-corrected chi connectivity index (χ0v) is 18.1. The van der Waals surface area contributed by atoms with E-state index in [1.165, 1.54) is 33.2 Å². The van der Waals surface area contributed by atoms with Gasteiger partial charge in [0.1, 0.15) is 4.70 Å². The number of nitrogens with zero attached hydrogens (tertiary/aromatic N) is 2. The van der Waals surface area contributed by atoms with Crippen LogP contribution in [-0.4, -0.2) is 27.8 Å². The third-order valence-electron chi connectivity index (χ3n) is 4.68. The highest BCUT2D eigenvalue weighted by Gasteiger charge is 2.14. The first kappa shape index (κ1) is 20.4. The van der Waals surface area contributed by atoms with Gasteiger partial charge in [-0.25, -0.2) is 4.98 Å². The molecule has 0 spiro atoms. The second-order valence-corrected chi connectivity index (χ2v) is 8.82. The molecule has 1 N–H and O–H groups in total. The highest BCUT2D eigenvalue weighted by Crippen LogP contribution is 2.31. The third kappa shape index (κ3) is 4.63. The molecule has 152 valence electrons. The van der Waals surface area contributed by atoms with Gasteiger partial charge in [0.25, 0.3) is 5.56 Å². The Morgan fingerprint density at radius 2 is 1.80 bits per heavy atom. The number of aromatic nitrogens is 2. The Hall–Kier alpha value is -2.90. The lowest BCUT2D eigenvalue weighted by molar-refractivity contribution is -0.118. The van der Waals surface area contributed by atoms with E-state index >= 15 is 0 Å². The normalized spacial score (nSPS) is 11.0. The molecule has 0 fully saturated rings. The summed E-state index contributed by atoms with van der Waals surface area (Å²) in [5.41, 5.74) is 2.84. The van der Waals surface area contributed by atoms with Gasteiger partial charge in [0.15, 0.2) is 5.16 Å². The molecule has 0 unspecified atom stereocenters. The minimum absolute atomic E-state index is 0.0689. The topological polar surface area (TPSA) is 64.0 Å². The molecule has 0 saturated carbocycles. The second kappa shape index (κ2) is 9.28. The Balaban J connectivity index is 1.43. The van der Waals surface area contributed by atoms with E-state index in [1.807, 2.05) is 66.7 Å². The Kier molecular flexibility index (Phi) is 6.30. The molecule has 30 heavy (non-hydrogen) atoms. The molecular formula is C23H21N3O2S2. The zero-order chi connectivity index (χ0) is 20.9. The van der Waals surface area contributed by atoms with E-state index in [2.05, 4.69) is 10.3 Å². The van der Waals surface area contributed by atoms with Crippen LogP contribution in [0.3, 0.4) is 0 Å². The van der Waals surface area contributed by atoms with Crippen molar-refractivity contribution in [2.75, 3.05) is 12.3 Å². The first-order valence-corrected chi connectivity index (χ1v) is 11.4. The standard InChI is InChI=1S/C23H21N3O2S2/c1-26-22(28)21-18(14-19(30-21)17-10-6-3-7-11-17)25-23(26)29-15-20(27)24-13-12-16-8-4-2-5-9-16/h2-11,14H,12-13,15H2,1H3,(H,24,27). The smallest absolute Gasteiger partial charge is 0.271 e. The lowest BCUT2D eigenvalue weighted by Gasteiger charge is -2.08. The van der Waals surface area contributed by atoms with Crippen LogP contribution in [0.15, 0.2) is 76.7 Å². The summed E-state index contributed by atoms with van der Waals surface area (Å²) in [5, 5.41) is 3.47. The molecule has 0 saturated heterocycles. The molecule has 2 aromatic heterocycles. The first-order chi connectivity index (χ1) is 14.6. The van der Waals surface area contributed by atoms with E-state index in [1.54, 1.807) is 7.05 Å². The van der Waals surface area contributed by atoms with Crippen LogP contribution in [0.5, 0.6) is 0 Å². The van der Waals surface area contributed by atoms with Crippen molar-refractivity contribution in [3.8, 4) is 10.4 Å². The van der Waals surface area contributed by atoms with Gasteiger partial charge < -0.3 is 5.32 Å². The molecule has 5 nitrogen and oxygen atoms in total. The number of fused-ring (bicyclic) bond motifs is 1. The molecule has 1 amide bonds. The third-order valence-corrected chi connectivity index (χ3v) is 6.87. The Morgan fingerprint density at radius 3 is 2.53 bits per heavy atom. The number of carbonyl (C=O) groups is 1. The number of thiophene rings is 1. The summed E-state index contributed by atoms with van der Waals surface area (Å²) < 4.78 is 2.16. The van der Waals surface area contributed by atoms with Crippen molar-refractivity contribution in [1.29, 1.82) is 0 Å². The number of rotatable bonds is 7. The van der Waals surface area contributed by atoms with Crippen molar-refractivity contribution >= 4 is 39.2 Å². The lowest BCUT2D eigenvalue weighted by atomic mass is 10.1. The summed E-state index contributed by atoms with van der Waals surface area (Å²) in [6.07, 6.45) is 0.789. The number of thioether (sulfide) groups is 1. The average Bonchev–Trinajstić information content (AvgIpc) is 3.21. The second-order valence-electron chi connectivity index (χ2n) is 6.82. The summed E-state index contributed by atoms with van der Waals surface area (Å²) >= 11 is 2.73. The molecule has 4 rings (SSSR count). The molecule has 0 aliphatic heterocycles. The molecule has 0 radical (unpaired) electrons. The van der Waals surface area contributed by atoms with E-state index in [4.69, 9.17) is 0 Å². The molecule has 2 aromatic carbocycles. The summed E-state index contributed by atoms with van der Waals surface area (Å²) in [6, 6.07) is 21.9. The van der Waals surface area contributed by atoms with Crippen molar-refractivity contribution in [2.24, 2.45) is 7.05 Å². The van der Waals surface area contributed by atoms with Crippen LogP contribution in [-0.2, 0) is 18.3 Å². The quantitative estimate of drug-likeness (QED) is 0.350. The van der Waals surface area contributed by atoms with Crippen molar-refractivity contribution in [3.63, 3.8) is 0 Å². The van der Waals surface area contributed by atoms with Gasteiger partial charge in [0.2, 0.25) is 5.91 Å². The maximum Gasteiger partial charge on any atom is 0.271 e. The molecule has 2 heterocycles. The summed E-state index contributed by atoms with van der Waals surface area (Å²) in [5.74, 6) is 0.150. The van der Waals surface area contributed by atoms with Crippen LogP contribution in [0.1, 0.15) is 5.56 Å². The molecule has 7 heteroatoms. The number of hydrogen-bond acceptors (Lipinski definition) is 5. The molecule has 0 bridgehead atoms. The maximum atomic E-state index is 12.8. The van der Waals surface area contributed by atoms with Crippen molar-refractivity contribution in [2.45, 2.75) is 11.6 Å². The van der Waals surface area contributed by atoms with Crippen LogP contribution < -0.4 is 10.9 Å². The van der Waals surface area contributed by atoms with Gasteiger partial charge in [0.05, 0.1) is 11.3 Å². The Morgan fingerprint density at radius 1 is 1.10 bits per heavy atom. The average molecular weight is 436 g/mol. The Labute approximate surface area is 182 Å². The number of hydrogen-bond donors (Lipinski definition) is 1. The first-order valence-electron chi connectivity index (χ1n) is 9.61. The largest absolute Gasteiger partial charge is 0.355 e. The van der Waals surface area contributed by atoms with Gasteiger partial charge in [-0.15, -0.1) is 11.3 Å². The van der Waals surface area contributed by atoms with Crippen molar-refractivity contribution in [3.05, 3.63) is 82.6 Å². The van der Waals surface area contributed by atoms with Crippen LogP contribution in [0.25, 0.3) is 20.7 Å². The van der Waals surface area contributed by atoms with Gasteiger partial charge in [-0.1, -0.05) is 72.4 Å². The van der Waals surface area contributed by atoms with Gasteiger partial charge in [-0.05, 0) is 23.6 Å². The van der Waals surface area contributed by atoms with Gasteiger partial charge >= 0.3 is 0 Å². The van der Waals surface area contributed by atoms with E-state index in [9.17, 15) is 9.59 Å². The van der Waals surface area contributed by atoms with Gasteiger partial charge in [-0.2, -0.15) is 0 Å². The van der Waals surface area contributed by atoms with Crippen LogP contribution in [0, 0.1) is 0 Å². The number of amides is 1. The van der Waals surface area contributed by atoms with E-state index < -0.39 is 0 Å². The minimum Gasteiger partial charge on any atom is -0.355 e. The highest BCUT2D eigenvalue weighted by atomic mass is 32.2. The lowest BCUT2D eigenvalue weighted by Crippen LogP contribution is -2.28. The molecular weight excluding hydrogens is 414 g/mol. The summed E-state index contributed by atoms with van der Waals surface area (Å²) in [4.78, 5) is 30.6. The highest BCUT2D eigenvalue weighted by molar-refractivity contribution is 7.99. The molecule has 0 aliphatic rings. The molecule has 4 aromatic rings. The van der Waals surface area contributed by atoms with Crippen molar-refractivity contribution in [1.82, 2.24) is 14.9 Å². The number of benzene rings is 2. The van der Waals surface area contributed by atoms with E-state index in [-0.39, 0.29) is 17.2 Å². The van der Waals surface area contributed by atoms with Crippen LogP contribution in [0.2, 0.25) is 0 Å². The maximum absolute atomic E-state index is 12.8. The predicted molar refractivity (Wildman–Crippen MR) is 124 cm³/mol. The SMILES string of the molecule is Cn1c(SCC(=O)NCCc2ccccc2)nc2cc(-c3ccccc3)sc2c1=O. The predicted octanol–water partition coefficient (Wildman–Crippen LogP) is 4.11. The van der Waals surface area contributed by atoms with Crippen LogP contribution >= 0.6 is 23.1 Å². The summed E-state index contributed by atoms with van der Waals surface area (Å²) in [7, 11) is 1.70. The fraction of sp³-hybridized carbons (Fsp3) is 0.174. The van der Waals surface area contributed by atoms with Crippen molar-refractivity contribution < 1.29 is 4.79 Å². The monoisotopic (exact) mass is 435 g/mol. The fourth-order valence-corrected chi connectivity index (χ4v) is 4.96. The van der Waals surface area contributed by atoms with Gasteiger partial charge in [-0.3, -0.25) is 14.2 Å².